The van der Waals surface area contributed by atoms with Crippen LogP contribution in [0.2, 0.25) is 10.0 Å². The van der Waals surface area contributed by atoms with Gasteiger partial charge in [0.2, 0.25) is 0 Å². The zero-order chi connectivity index (χ0) is 22.6. The minimum absolute atomic E-state index is 0.192. The first-order chi connectivity index (χ1) is 14.7. The van der Waals surface area contributed by atoms with Gasteiger partial charge in [0.05, 0.1) is 7.11 Å². The molecule has 1 aliphatic rings. The van der Waals surface area contributed by atoms with E-state index < -0.39 is 24.2 Å². The predicted octanol–water partition coefficient (Wildman–Crippen LogP) is 6.08. The number of nitrogens with one attached hydrogen (secondary N) is 1. The lowest BCUT2D eigenvalue weighted by Gasteiger charge is -2.29. The molecular formula is C24H27Cl2NO4. The molecule has 1 fully saturated rings. The molecule has 3 rings (SSSR count). The van der Waals surface area contributed by atoms with Gasteiger partial charge in [-0.15, -0.1) is 0 Å². The average Bonchev–Trinajstić information content (AvgIpc) is 3.53. The molecule has 1 N–H and O–H groups in total. The molecule has 0 aliphatic heterocycles. The summed E-state index contributed by atoms with van der Waals surface area (Å²) in [5.74, 6) is -0.303. The minimum Gasteiger partial charge on any atom is -0.467 e. The molecule has 0 radical (unpaired) electrons. The van der Waals surface area contributed by atoms with E-state index in [0.717, 1.165) is 24.0 Å². The fourth-order valence-electron chi connectivity index (χ4n) is 3.88. The molecule has 2 unspecified atom stereocenters. The van der Waals surface area contributed by atoms with Crippen molar-refractivity contribution in [3.05, 3.63) is 69.7 Å². The van der Waals surface area contributed by atoms with E-state index in [-0.39, 0.29) is 11.3 Å². The lowest BCUT2D eigenvalue weighted by molar-refractivity contribution is -0.143. The summed E-state index contributed by atoms with van der Waals surface area (Å²) in [6.07, 6.45) is 0.929. The van der Waals surface area contributed by atoms with Crippen molar-refractivity contribution in [3.63, 3.8) is 0 Å². The van der Waals surface area contributed by atoms with Crippen molar-refractivity contribution in [2.75, 3.05) is 7.11 Å². The van der Waals surface area contributed by atoms with Gasteiger partial charge in [-0.05, 0) is 60.6 Å². The second kappa shape index (κ2) is 9.92. The van der Waals surface area contributed by atoms with E-state index in [0.29, 0.717) is 16.5 Å². The van der Waals surface area contributed by atoms with Gasteiger partial charge in [0.25, 0.3) is 0 Å². The van der Waals surface area contributed by atoms with Crippen LogP contribution in [0.1, 0.15) is 50.3 Å². The summed E-state index contributed by atoms with van der Waals surface area (Å²) in [5.41, 5.74) is 1.46. The van der Waals surface area contributed by atoms with Crippen molar-refractivity contribution in [1.29, 1.82) is 0 Å². The molecule has 2 aromatic rings. The predicted molar refractivity (Wildman–Crippen MR) is 121 cm³/mol. The van der Waals surface area contributed by atoms with Crippen LogP contribution in [0.3, 0.4) is 0 Å². The Morgan fingerprint density at radius 1 is 1.06 bits per heavy atom. The Morgan fingerprint density at radius 3 is 2.29 bits per heavy atom. The van der Waals surface area contributed by atoms with E-state index in [4.69, 9.17) is 32.7 Å². The fourth-order valence-corrected chi connectivity index (χ4v) is 4.20. The van der Waals surface area contributed by atoms with Crippen LogP contribution in [-0.2, 0) is 19.7 Å². The van der Waals surface area contributed by atoms with E-state index in [9.17, 15) is 9.59 Å². The number of rotatable bonds is 8. The van der Waals surface area contributed by atoms with Gasteiger partial charge in [-0.25, -0.2) is 9.59 Å². The van der Waals surface area contributed by atoms with Crippen LogP contribution in [0.4, 0.5) is 4.79 Å². The maximum absolute atomic E-state index is 12.9. The quantitative estimate of drug-likeness (QED) is 0.481. The molecule has 0 saturated heterocycles. The number of carbonyl (C=O) groups is 2. The van der Waals surface area contributed by atoms with E-state index in [1.54, 1.807) is 12.1 Å². The van der Waals surface area contributed by atoms with Crippen molar-refractivity contribution in [2.45, 2.75) is 50.7 Å². The van der Waals surface area contributed by atoms with Crippen LogP contribution in [0.15, 0.2) is 48.5 Å². The molecule has 5 nitrogen and oxygen atoms in total. The number of halogens is 2. The van der Waals surface area contributed by atoms with E-state index in [1.165, 1.54) is 7.11 Å². The third kappa shape index (κ3) is 5.72. The average molecular weight is 464 g/mol. The summed E-state index contributed by atoms with van der Waals surface area (Å²) in [5, 5.41) is 3.92. The lowest BCUT2D eigenvalue weighted by Crippen LogP contribution is -2.43. The Kier molecular flexibility index (Phi) is 7.50. The Morgan fingerprint density at radius 2 is 1.74 bits per heavy atom. The molecule has 2 atom stereocenters. The number of carbonyl (C=O) groups excluding carboxylic acids is 2. The lowest BCUT2D eigenvalue weighted by atomic mass is 9.86. The number of amides is 1. The van der Waals surface area contributed by atoms with Crippen LogP contribution < -0.4 is 5.32 Å². The highest BCUT2D eigenvalue weighted by Gasteiger charge is 2.53. The zero-order valence-electron chi connectivity index (χ0n) is 17.9. The van der Waals surface area contributed by atoms with E-state index in [1.807, 2.05) is 50.2 Å². The van der Waals surface area contributed by atoms with Gasteiger partial charge in [-0.1, -0.05) is 61.3 Å². The standard InChI is InChI=1S/C24H27Cl2NO4/c1-15(2)13-20(22(28)30-3)27-23(29)31-21(16-7-9-18(25)10-8-16)24(11-12-24)17-5-4-6-19(26)14-17/h4-10,14-15,20-21H,11-13H2,1-3H3,(H,27,29). The molecular weight excluding hydrogens is 437 g/mol. The molecule has 0 spiro atoms. The van der Waals surface area contributed by atoms with Gasteiger partial charge in [-0.3, -0.25) is 0 Å². The number of ether oxygens (including phenoxy) is 2. The molecule has 31 heavy (non-hydrogen) atoms. The van der Waals surface area contributed by atoms with Crippen LogP contribution >= 0.6 is 23.2 Å². The van der Waals surface area contributed by atoms with Crippen molar-refractivity contribution >= 4 is 35.3 Å². The van der Waals surface area contributed by atoms with E-state index in [2.05, 4.69) is 5.32 Å². The third-order valence-electron chi connectivity index (χ3n) is 5.57. The number of hydrogen-bond donors (Lipinski definition) is 1. The van der Waals surface area contributed by atoms with Gasteiger partial charge in [-0.2, -0.15) is 0 Å². The number of alkyl carbamates (subject to hydrolysis) is 1. The van der Waals surface area contributed by atoms with Crippen molar-refractivity contribution < 1.29 is 19.1 Å². The first kappa shape index (κ1) is 23.4. The van der Waals surface area contributed by atoms with Crippen molar-refractivity contribution in [1.82, 2.24) is 5.32 Å². The Labute approximate surface area is 193 Å². The molecule has 1 saturated carbocycles. The first-order valence-corrected chi connectivity index (χ1v) is 11.1. The maximum Gasteiger partial charge on any atom is 0.408 e. The maximum atomic E-state index is 12.9. The van der Waals surface area contributed by atoms with Crippen molar-refractivity contribution in [2.24, 2.45) is 5.92 Å². The molecule has 1 amide bonds. The van der Waals surface area contributed by atoms with Gasteiger partial charge in [0.15, 0.2) is 0 Å². The van der Waals surface area contributed by atoms with Crippen molar-refractivity contribution in [3.8, 4) is 0 Å². The molecule has 166 valence electrons. The summed E-state index contributed by atoms with van der Waals surface area (Å²) in [6, 6.07) is 14.1. The monoisotopic (exact) mass is 463 g/mol. The van der Waals surface area contributed by atoms with E-state index >= 15 is 0 Å². The number of benzene rings is 2. The molecule has 0 bridgehead atoms. The molecule has 1 aliphatic carbocycles. The van der Waals surface area contributed by atoms with Crippen LogP contribution in [0, 0.1) is 5.92 Å². The second-order valence-electron chi connectivity index (χ2n) is 8.35. The second-order valence-corrected chi connectivity index (χ2v) is 9.23. The molecule has 0 heterocycles. The Balaban J connectivity index is 1.88. The summed E-state index contributed by atoms with van der Waals surface area (Å²) in [4.78, 5) is 25.0. The molecule has 7 heteroatoms. The Bertz CT molecular complexity index is 925. The normalized spacial score (nSPS) is 16.3. The third-order valence-corrected chi connectivity index (χ3v) is 6.06. The number of esters is 1. The Hall–Kier alpha value is -2.24. The summed E-state index contributed by atoms with van der Waals surface area (Å²) in [6.45, 7) is 3.94. The SMILES string of the molecule is COC(=O)C(CC(C)C)NC(=O)OC(c1ccc(Cl)cc1)C1(c2cccc(Cl)c2)CC1. The smallest absolute Gasteiger partial charge is 0.408 e. The van der Waals surface area contributed by atoms with Crippen LogP contribution in [-0.4, -0.2) is 25.2 Å². The highest BCUT2D eigenvalue weighted by Crippen LogP contribution is 2.58. The number of hydrogen-bond acceptors (Lipinski definition) is 4. The summed E-state index contributed by atoms with van der Waals surface area (Å²) in [7, 11) is 1.30. The summed E-state index contributed by atoms with van der Waals surface area (Å²) >= 11 is 12.3. The molecule has 0 aromatic heterocycles. The minimum atomic E-state index is -0.773. The fraction of sp³-hybridized carbons (Fsp3) is 0.417. The topological polar surface area (TPSA) is 64.6 Å². The summed E-state index contributed by atoms with van der Waals surface area (Å²) < 4.78 is 10.8. The highest BCUT2D eigenvalue weighted by atomic mass is 35.5. The van der Waals surface area contributed by atoms with Gasteiger partial charge in [0.1, 0.15) is 12.1 Å². The molecule has 2 aromatic carbocycles. The van der Waals surface area contributed by atoms with Crippen LogP contribution in [0.5, 0.6) is 0 Å². The number of methoxy groups -OCH3 is 1. The highest BCUT2D eigenvalue weighted by molar-refractivity contribution is 6.30. The van der Waals surface area contributed by atoms with Crippen LogP contribution in [0.25, 0.3) is 0 Å². The van der Waals surface area contributed by atoms with Gasteiger partial charge >= 0.3 is 12.1 Å². The zero-order valence-corrected chi connectivity index (χ0v) is 19.4. The largest absolute Gasteiger partial charge is 0.467 e. The first-order valence-electron chi connectivity index (χ1n) is 10.3. The van der Waals surface area contributed by atoms with Gasteiger partial charge < -0.3 is 14.8 Å². The van der Waals surface area contributed by atoms with Gasteiger partial charge in [0, 0.05) is 15.5 Å².